The first-order valence-electron chi connectivity index (χ1n) is 12.6. The molecule has 3 aromatic carbocycles. The Morgan fingerprint density at radius 3 is 2.23 bits per heavy atom. The number of methoxy groups -OCH3 is 1. The normalized spacial score (nSPS) is 12.7. The topological polar surface area (TPSA) is 96.0 Å². The largest absolute Gasteiger partial charge is 0.497 e. The minimum absolute atomic E-state index is 0.0507. The Morgan fingerprint density at radius 1 is 0.974 bits per heavy atom. The van der Waals surface area contributed by atoms with Gasteiger partial charge in [0.05, 0.1) is 17.7 Å². The first kappa shape index (κ1) is 30.2. The number of carbonyl (C=O) groups is 2. The molecule has 0 radical (unpaired) electrons. The van der Waals surface area contributed by atoms with E-state index in [4.69, 9.17) is 4.74 Å². The Kier molecular flexibility index (Phi) is 10.5. The second kappa shape index (κ2) is 13.6. The second-order valence-electron chi connectivity index (χ2n) is 9.17. The van der Waals surface area contributed by atoms with Crippen LogP contribution in [0.25, 0.3) is 0 Å². The van der Waals surface area contributed by atoms with Crippen molar-refractivity contribution in [3.8, 4) is 5.75 Å². The van der Waals surface area contributed by atoms with E-state index in [1.54, 1.807) is 49.4 Å². The molecular weight excluding hydrogens is 582 g/mol. The molecule has 0 aliphatic heterocycles. The van der Waals surface area contributed by atoms with Gasteiger partial charge in [0.25, 0.3) is 10.0 Å². The maximum Gasteiger partial charge on any atom is 0.264 e. The number of nitrogens with one attached hydrogen (secondary N) is 1. The van der Waals surface area contributed by atoms with Crippen LogP contribution in [0.1, 0.15) is 32.8 Å². The van der Waals surface area contributed by atoms with Crippen molar-refractivity contribution < 1.29 is 22.7 Å². The molecule has 3 aromatic rings. The molecule has 1 N–H and O–H groups in total. The zero-order chi connectivity index (χ0) is 28.6. The maximum atomic E-state index is 13.9. The number of rotatable bonds is 12. The molecule has 0 heterocycles. The van der Waals surface area contributed by atoms with E-state index in [1.165, 1.54) is 24.1 Å². The minimum Gasteiger partial charge on any atom is -0.497 e. The van der Waals surface area contributed by atoms with Crippen molar-refractivity contribution in [1.82, 2.24) is 10.2 Å². The highest BCUT2D eigenvalue weighted by Crippen LogP contribution is 2.26. The molecule has 0 saturated carbocycles. The molecule has 0 aromatic heterocycles. The van der Waals surface area contributed by atoms with Crippen LogP contribution in [0, 0.1) is 0 Å². The van der Waals surface area contributed by atoms with Gasteiger partial charge in [-0.15, -0.1) is 0 Å². The zero-order valence-corrected chi connectivity index (χ0v) is 24.9. The summed E-state index contributed by atoms with van der Waals surface area (Å²) < 4.78 is 34.7. The molecule has 2 unspecified atom stereocenters. The third-order valence-corrected chi connectivity index (χ3v) is 8.66. The number of anilines is 1. The van der Waals surface area contributed by atoms with E-state index in [9.17, 15) is 18.0 Å². The standard InChI is InChI=1S/C29H34BrN3O5S/c1-5-21(2)31-29(35)22(3)32(19-23-10-9-11-24(30)18-23)28(34)20-33(25-14-16-26(38-4)17-15-25)39(36,37)27-12-7-6-8-13-27/h6-18,21-22H,5,19-20H2,1-4H3,(H,31,35). The van der Waals surface area contributed by atoms with Gasteiger partial charge in [-0.25, -0.2) is 8.42 Å². The Balaban J connectivity index is 2.02. The van der Waals surface area contributed by atoms with Gasteiger partial charge in [-0.1, -0.05) is 53.2 Å². The molecule has 2 amide bonds. The lowest BCUT2D eigenvalue weighted by molar-refractivity contribution is -0.139. The van der Waals surface area contributed by atoms with E-state index in [2.05, 4.69) is 21.2 Å². The van der Waals surface area contributed by atoms with Crippen molar-refractivity contribution in [3.63, 3.8) is 0 Å². The van der Waals surface area contributed by atoms with Crippen LogP contribution in [0.5, 0.6) is 5.75 Å². The fourth-order valence-electron chi connectivity index (χ4n) is 3.88. The van der Waals surface area contributed by atoms with Gasteiger partial charge in [0.15, 0.2) is 0 Å². The number of sulfonamides is 1. The SMILES string of the molecule is CCC(C)NC(=O)C(C)N(Cc1cccc(Br)c1)C(=O)CN(c1ccc(OC)cc1)S(=O)(=O)c1ccccc1. The van der Waals surface area contributed by atoms with Gasteiger partial charge < -0.3 is 15.0 Å². The van der Waals surface area contributed by atoms with Crippen LogP contribution in [0.3, 0.4) is 0 Å². The summed E-state index contributed by atoms with van der Waals surface area (Å²) in [6, 6.07) is 20.9. The fraction of sp³-hybridized carbons (Fsp3) is 0.310. The molecule has 0 saturated heterocycles. The van der Waals surface area contributed by atoms with Gasteiger partial charge in [-0.05, 0) is 74.4 Å². The third kappa shape index (κ3) is 7.83. The lowest BCUT2D eigenvalue weighted by atomic mass is 10.1. The minimum atomic E-state index is -4.11. The molecule has 3 rings (SSSR count). The number of amides is 2. The van der Waals surface area contributed by atoms with Crippen molar-refractivity contribution in [3.05, 3.63) is 88.9 Å². The van der Waals surface area contributed by atoms with Crippen molar-refractivity contribution >= 4 is 43.5 Å². The average molecular weight is 617 g/mol. The van der Waals surface area contributed by atoms with E-state index in [0.29, 0.717) is 11.4 Å². The quantitative estimate of drug-likeness (QED) is 0.310. The van der Waals surface area contributed by atoms with E-state index in [-0.39, 0.29) is 23.4 Å². The predicted molar refractivity (Wildman–Crippen MR) is 156 cm³/mol. The molecule has 0 fully saturated rings. The van der Waals surface area contributed by atoms with Crippen LogP contribution >= 0.6 is 15.9 Å². The second-order valence-corrected chi connectivity index (χ2v) is 11.9. The summed E-state index contributed by atoms with van der Waals surface area (Å²) >= 11 is 3.45. The van der Waals surface area contributed by atoms with Crippen LogP contribution in [0.15, 0.2) is 88.2 Å². The molecule has 0 bridgehead atoms. The molecule has 2 atom stereocenters. The zero-order valence-electron chi connectivity index (χ0n) is 22.5. The summed E-state index contributed by atoms with van der Waals surface area (Å²) in [6.07, 6.45) is 0.735. The summed E-state index contributed by atoms with van der Waals surface area (Å²) in [7, 11) is -2.60. The van der Waals surface area contributed by atoms with Crippen LogP contribution < -0.4 is 14.4 Å². The van der Waals surface area contributed by atoms with E-state index in [0.717, 1.165) is 20.8 Å². The monoisotopic (exact) mass is 615 g/mol. The van der Waals surface area contributed by atoms with E-state index < -0.39 is 28.5 Å². The highest BCUT2D eigenvalue weighted by atomic mass is 79.9. The molecule has 208 valence electrons. The Hall–Kier alpha value is -3.37. The van der Waals surface area contributed by atoms with Crippen LogP contribution in [-0.4, -0.2) is 50.9 Å². The lowest BCUT2D eigenvalue weighted by Gasteiger charge is -2.32. The molecule has 39 heavy (non-hydrogen) atoms. The van der Waals surface area contributed by atoms with Gasteiger partial charge in [-0.3, -0.25) is 13.9 Å². The Labute approximate surface area is 239 Å². The van der Waals surface area contributed by atoms with Crippen molar-refractivity contribution in [1.29, 1.82) is 0 Å². The highest BCUT2D eigenvalue weighted by Gasteiger charge is 2.32. The first-order chi connectivity index (χ1) is 18.6. The van der Waals surface area contributed by atoms with Crippen LogP contribution in [-0.2, 0) is 26.2 Å². The summed E-state index contributed by atoms with van der Waals surface area (Å²) in [5.41, 5.74) is 1.09. The number of nitrogens with zero attached hydrogens (tertiary/aromatic N) is 2. The van der Waals surface area contributed by atoms with Gasteiger partial charge in [0.1, 0.15) is 18.3 Å². The number of hydrogen-bond donors (Lipinski definition) is 1. The number of halogens is 1. The number of benzene rings is 3. The van der Waals surface area contributed by atoms with Crippen molar-refractivity contribution in [2.24, 2.45) is 0 Å². The van der Waals surface area contributed by atoms with E-state index >= 15 is 0 Å². The highest BCUT2D eigenvalue weighted by molar-refractivity contribution is 9.10. The van der Waals surface area contributed by atoms with Gasteiger partial charge >= 0.3 is 0 Å². The smallest absolute Gasteiger partial charge is 0.264 e. The lowest BCUT2D eigenvalue weighted by Crippen LogP contribution is -2.52. The molecular formula is C29H34BrN3O5S. The number of ether oxygens (including phenoxy) is 1. The molecule has 0 aliphatic rings. The summed E-state index contributed by atoms with van der Waals surface area (Å²) in [4.78, 5) is 28.5. The van der Waals surface area contributed by atoms with Gasteiger partial charge in [0.2, 0.25) is 11.8 Å². The maximum absolute atomic E-state index is 13.9. The van der Waals surface area contributed by atoms with Gasteiger partial charge in [-0.2, -0.15) is 0 Å². The molecule has 0 spiro atoms. The first-order valence-corrected chi connectivity index (χ1v) is 14.9. The Bertz CT molecular complexity index is 1370. The predicted octanol–water partition coefficient (Wildman–Crippen LogP) is 4.99. The fourth-order valence-corrected chi connectivity index (χ4v) is 5.76. The van der Waals surface area contributed by atoms with Gasteiger partial charge in [0, 0.05) is 17.1 Å². The third-order valence-electron chi connectivity index (χ3n) is 6.38. The summed E-state index contributed by atoms with van der Waals surface area (Å²) in [5, 5.41) is 2.93. The molecule has 10 heteroatoms. The van der Waals surface area contributed by atoms with Crippen LogP contribution in [0.2, 0.25) is 0 Å². The number of carbonyl (C=O) groups excluding carboxylic acids is 2. The summed E-state index contributed by atoms with van der Waals surface area (Å²) in [5.74, 6) is -0.277. The number of hydrogen-bond acceptors (Lipinski definition) is 5. The molecule has 8 nitrogen and oxygen atoms in total. The van der Waals surface area contributed by atoms with Crippen LogP contribution in [0.4, 0.5) is 5.69 Å². The average Bonchev–Trinajstić information content (AvgIpc) is 2.94. The van der Waals surface area contributed by atoms with Crippen molar-refractivity contribution in [2.75, 3.05) is 18.0 Å². The summed E-state index contributed by atoms with van der Waals surface area (Å²) in [6.45, 7) is 5.12. The van der Waals surface area contributed by atoms with E-state index in [1.807, 2.05) is 38.1 Å². The molecule has 0 aliphatic carbocycles. The van der Waals surface area contributed by atoms with Crippen molar-refractivity contribution in [2.45, 2.75) is 50.7 Å². The Morgan fingerprint density at radius 2 is 1.64 bits per heavy atom.